The second kappa shape index (κ2) is 17.7. The molecule has 4 amide bonds. The van der Waals surface area contributed by atoms with E-state index in [-0.39, 0.29) is 19.0 Å². The largest absolute Gasteiger partial charge is 0.444 e. The molecule has 0 spiro atoms. The minimum absolute atomic E-state index is 0.234. The molecule has 9 heteroatoms. The molecule has 2 rings (SSSR count). The Kier molecular flexibility index (Phi) is 14.5. The van der Waals surface area contributed by atoms with Crippen LogP contribution in [0.3, 0.4) is 0 Å². The van der Waals surface area contributed by atoms with Crippen molar-refractivity contribution in [3.8, 4) is 0 Å². The summed E-state index contributed by atoms with van der Waals surface area (Å²) in [5.41, 5.74) is 6.95. The third-order valence-corrected chi connectivity index (χ3v) is 6.76. The molecule has 0 fully saturated rings. The molecule has 0 saturated carbocycles. The number of rotatable bonds is 17. The highest BCUT2D eigenvalue weighted by Gasteiger charge is 2.36. The zero-order valence-electron chi connectivity index (χ0n) is 26.1. The summed E-state index contributed by atoms with van der Waals surface area (Å²) in [6.07, 6.45) is 6.17. The van der Waals surface area contributed by atoms with Gasteiger partial charge in [-0.25, -0.2) is 4.79 Å². The van der Waals surface area contributed by atoms with Crippen LogP contribution in [0.25, 0.3) is 6.08 Å². The predicted molar refractivity (Wildman–Crippen MR) is 170 cm³/mol. The molecule has 0 saturated heterocycles. The Morgan fingerprint density at radius 2 is 1.65 bits per heavy atom. The van der Waals surface area contributed by atoms with Crippen molar-refractivity contribution < 1.29 is 23.9 Å². The van der Waals surface area contributed by atoms with Crippen molar-refractivity contribution in [2.75, 3.05) is 6.54 Å². The van der Waals surface area contributed by atoms with Gasteiger partial charge in [0, 0.05) is 13.1 Å². The smallest absolute Gasteiger partial charge is 0.408 e. The molecule has 2 aromatic carbocycles. The molecule has 0 radical (unpaired) electrons. The summed E-state index contributed by atoms with van der Waals surface area (Å²) in [6, 6.07) is 14.4. The van der Waals surface area contributed by atoms with Crippen LogP contribution >= 0.6 is 0 Å². The standard InChI is InChI=1S/C34H48N4O5/c1-6-8-9-10-11-15-21-38(32(41)28(23-29(35)39)37-33(42)43-34(3,4)5)30(27-20-16-19-25(7-2)22-27)31(40)36-24-26-17-13-12-14-18-26/h7,12-14,16-20,22,28,30H,2,6,8-11,15,21,23-24H2,1,3-5H3,(H2,35,39)(H,36,40)(H,37,42). The van der Waals surface area contributed by atoms with Gasteiger partial charge in [-0.15, -0.1) is 0 Å². The Morgan fingerprint density at radius 3 is 2.28 bits per heavy atom. The molecule has 2 atom stereocenters. The van der Waals surface area contributed by atoms with Crippen molar-refractivity contribution >= 4 is 29.9 Å². The number of carbonyl (C=O) groups is 4. The van der Waals surface area contributed by atoms with Gasteiger partial charge in [0.05, 0.1) is 6.42 Å². The SMILES string of the molecule is C=Cc1cccc(C(C(=O)NCc2ccccc2)N(CCCCCCCC)C(=O)C(CC(N)=O)NC(=O)OC(C)(C)C)c1. The molecule has 43 heavy (non-hydrogen) atoms. The molecule has 0 aliphatic rings. The van der Waals surface area contributed by atoms with Crippen LogP contribution in [0.2, 0.25) is 0 Å². The molecule has 0 aliphatic carbocycles. The van der Waals surface area contributed by atoms with Gasteiger partial charge in [-0.1, -0.05) is 100 Å². The first-order valence-electron chi connectivity index (χ1n) is 15.1. The van der Waals surface area contributed by atoms with Crippen molar-refractivity contribution in [1.29, 1.82) is 0 Å². The van der Waals surface area contributed by atoms with E-state index in [1.54, 1.807) is 39.0 Å². The van der Waals surface area contributed by atoms with E-state index < -0.39 is 42.0 Å². The third-order valence-electron chi connectivity index (χ3n) is 6.76. The van der Waals surface area contributed by atoms with Gasteiger partial charge in [-0.3, -0.25) is 14.4 Å². The maximum absolute atomic E-state index is 14.2. The first kappa shape index (κ1) is 35.1. The van der Waals surface area contributed by atoms with E-state index in [0.717, 1.165) is 43.2 Å². The fraction of sp³-hybridized carbons (Fsp3) is 0.471. The Morgan fingerprint density at radius 1 is 0.977 bits per heavy atom. The highest BCUT2D eigenvalue weighted by Crippen LogP contribution is 2.26. The first-order chi connectivity index (χ1) is 20.4. The third kappa shape index (κ3) is 12.7. The second-order valence-corrected chi connectivity index (χ2v) is 11.6. The number of unbranched alkanes of at least 4 members (excludes halogenated alkanes) is 5. The van der Waals surface area contributed by atoms with Crippen molar-refractivity contribution in [1.82, 2.24) is 15.5 Å². The Bertz CT molecular complexity index is 1210. The number of primary amides is 1. The number of hydrogen-bond acceptors (Lipinski definition) is 5. The number of benzene rings is 2. The molecule has 2 aromatic rings. The van der Waals surface area contributed by atoms with Gasteiger partial charge in [0.25, 0.3) is 0 Å². The summed E-state index contributed by atoms with van der Waals surface area (Å²) in [5, 5.41) is 5.51. The molecule has 0 aromatic heterocycles. The summed E-state index contributed by atoms with van der Waals surface area (Å²) >= 11 is 0. The van der Waals surface area contributed by atoms with Gasteiger partial charge in [-0.05, 0) is 49.9 Å². The summed E-state index contributed by atoms with van der Waals surface area (Å²) in [5.74, 6) is -1.76. The molecule has 2 unspecified atom stereocenters. The fourth-order valence-electron chi connectivity index (χ4n) is 4.69. The van der Waals surface area contributed by atoms with Crippen LogP contribution in [-0.2, 0) is 25.7 Å². The van der Waals surface area contributed by atoms with E-state index in [1.165, 1.54) is 4.90 Å². The van der Waals surface area contributed by atoms with Gasteiger partial charge >= 0.3 is 6.09 Å². The van der Waals surface area contributed by atoms with E-state index in [9.17, 15) is 19.2 Å². The lowest BCUT2D eigenvalue weighted by Crippen LogP contribution is -2.54. The Labute approximate surface area is 256 Å². The highest BCUT2D eigenvalue weighted by atomic mass is 16.6. The van der Waals surface area contributed by atoms with Crippen molar-refractivity contribution in [2.45, 2.75) is 96.9 Å². The zero-order valence-corrected chi connectivity index (χ0v) is 26.1. The summed E-state index contributed by atoms with van der Waals surface area (Å²) in [6.45, 7) is 11.6. The van der Waals surface area contributed by atoms with Gasteiger partial charge in [-0.2, -0.15) is 0 Å². The number of nitrogens with zero attached hydrogens (tertiary/aromatic N) is 1. The minimum Gasteiger partial charge on any atom is -0.444 e. The topological polar surface area (TPSA) is 131 Å². The van der Waals surface area contributed by atoms with E-state index in [1.807, 2.05) is 42.5 Å². The van der Waals surface area contributed by atoms with Gasteiger partial charge in [0.2, 0.25) is 17.7 Å². The second-order valence-electron chi connectivity index (χ2n) is 11.6. The normalized spacial score (nSPS) is 12.5. The molecule has 0 aliphatic heterocycles. The molecule has 9 nitrogen and oxygen atoms in total. The lowest BCUT2D eigenvalue weighted by atomic mass is 9.99. The van der Waals surface area contributed by atoms with Gasteiger partial charge in [0.1, 0.15) is 17.7 Å². The lowest BCUT2D eigenvalue weighted by Gasteiger charge is -2.34. The zero-order chi connectivity index (χ0) is 31.8. The fourth-order valence-corrected chi connectivity index (χ4v) is 4.69. The number of alkyl carbamates (subject to hydrolysis) is 1. The van der Waals surface area contributed by atoms with E-state index in [0.29, 0.717) is 12.0 Å². The number of nitrogens with two attached hydrogens (primary N) is 1. The van der Waals surface area contributed by atoms with Crippen LogP contribution in [0.1, 0.15) is 95.4 Å². The maximum atomic E-state index is 14.2. The van der Waals surface area contributed by atoms with Crippen LogP contribution in [-0.4, -0.2) is 46.9 Å². The Balaban J connectivity index is 2.49. The number of nitrogens with one attached hydrogen (secondary N) is 2. The summed E-state index contributed by atoms with van der Waals surface area (Å²) in [7, 11) is 0. The van der Waals surface area contributed by atoms with Crippen LogP contribution in [0, 0.1) is 0 Å². The van der Waals surface area contributed by atoms with Crippen molar-refractivity contribution in [3.05, 3.63) is 77.9 Å². The first-order valence-corrected chi connectivity index (χ1v) is 15.1. The lowest BCUT2D eigenvalue weighted by molar-refractivity contribution is -0.143. The number of ether oxygens (including phenoxy) is 1. The Hall–Kier alpha value is -4.14. The predicted octanol–water partition coefficient (Wildman–Crippen LogP) is 5.64. The van der Waals surface area contributed by atoms with E-state index >= 15 is 0 Å². The van der Waals surface area contributed by atoms with Crippen LogP contribution in [0.5, 0.6) is 0 Å². The van der Waals surface area contributed by atoms with Crippen LogP contribution < -0.4 is 16.4 Å². The molecule has 0 heterocycles. The average Bonchev–Trinajstić information content (AvgIpc) is 2.95. The van der Waals surface area contributed by atoms with Crippen LogP contribution in [0.4, 0.5) is 4.79 Å². The molecular formula is C34H48N4O5. The monoisotopic (exact) mass is 592 g/mol. The van der Waals surface area contributed by atoms with E-state index in [4.69, 9.17) is 10.5 Å². The van der Waals surface area contributed by atoms with Crippen molar-refractivity contribution in [2.24, 2.45) is 5.73 Å². The molecular weight excluding hydrogens is 544 g/mol. The summed E-state index contributed by atoms with van der Waals surface area (Å²) < 4.78 is 5.36. The van der Waals surface area contributed by atoms with E-state index in [2.05, 4.69) is 24.1 Å². The minimum atomic E-state index is -1.32. The average molecular weight is 593 g/mol. The van der Waals surface area contributed by atoms with Crippen molar-refractivity contribution in [3.63, 3.8) is 0 Å². The summed E-state index contributed by atoms with van der Waals surface area (Å²) in [4.78, 5) is 54.4. The number of carbonyl (C=O) groups excluding carboxylic acids is 4. The molecule has 0 bridgehead atoms. The van der Waals surface area contributed by atoms with Crippen LogP contribution in [0.15, 0.2) is 61.2 Å². The van der Waals surface area contributed by atoms with Gasteiger partial charge in [0.15, 0.2) is 0 Å². The number of hydrogen-bond donors (Lipinski definition) is 3. The quantitative estimate of drug-likeness (QED) is 0.205. The molecule has 234 valence electrons. The molecule has 4 N–H and O–H groups in total. The maximum Gasteiger partial charge on any atom is 0.408 e. The highest BCUT2D eigenvalue weighted by molar-refractivity contribution is 5.94. The number of amides is 4. The van der Waals surface area contributed by atoms with Gasteiger partial charge < -0.3 is 26.0 Å².